The summed E-state index contributed by atoms with van der Waals surface area (Å²) in [5, 5.41) is 0. The van der Waals surface area contributed by atoms with Gasteiger partial charge in [0.1, 0.15) is 0 Å². The normalized spacial score (nSPS) is 12.2. The van der Waals surface area contributed by atoms with Crippen LogP contribution in [0.2, 0.25) is 0 Å². The van der Waals surface area contributed by atoms with Crippen LogP contribution in [-0.2, 0) is 19.3 Å². The second kappa shape index (κ2) is 19.6. The summed E-state index contributed by atoms with van der Waals surface area (Å²) in [6.07, 6.45) is 20.3. The summed E-state index contributed by atoms with van der Waals surface area (Å²) >= 11 is 0. The number of unbranched alkanes of at least 4 members (excludes halogenated alkanes) is 6. The maximum Gasteiger partial charge on any atom is 0.0665 e. The van der Waals surface area contributed by atoms with Crippen molar-refractivity contribution in [2.75, 3.05) is 0 Å². The zero-order chi connectivity index (χ0) is 27.4. The summed E-state index contributed by atoms with van der Waals surface area (Å²) in [7, 11) is 0. The molecule has 2 nitrogen and oxygen atoms in total. The standard InChI is InChI=1S/C36H54N2/c1-6-11-16-22-32-23-18-19-25-34(32)38-36(26-17-12-7-2)35(24-15-10-5)37-33-28-30(20-13-8-3)27-31(29-33)21-14-9-4/h6,18-19,23,25,27-29H,1,7-17,20-22,24,26H2,2-5H3. The highest BCUT2D eigenvalue weighted by Crippen LogP contribution is 2.26. The molecule has 38 heavy (non-hydrogen) atoms. The summed E-state index contributed by atoms with van der Waals surface area (Å²) in [6.45, 7) is 13.0. The highest BCUT2D eigenvalue weighted by atomic mass is 14.8. The minimum atomic E-state index is 0.990. The quantitative estimate of drug-likeness (QED) is 0.0953. The summed E-state index contributed by atoms with van der Waals surface area (Å²) < 4.78 is 0. The fraction of sp³-hybridized carbons (Fsp3) is 0.556. The van der Waals surface area contributed by atoms with Crippen molar-refractivity contribution in [1.29, 1.82) is 0 Å². The molecule has 0 aliphatic heterocycles. The van der Waals surface area contributed by atoms with E-state index in [0.717, 1.165) is 75.6 Å². The van der Waals surface area contributed by atoms with Crippen LogP contribution in [0.1, 0.15) is 128 Å². The predicted molar refractivity (Wildman–Crippen MR) is 171 cm³/mol. The zero-order valence-electron chi connectivity index (χ0n) is 25.0. The van der Waals surface area contributed by atoms with Crippen LogP contribution in [0, 0.1) is 0 Å². The average Bonchev–Trinajstić information content (AvgIpc) is 2.93. The Bertz CT molecular complexity index is 972. The number of allylic oxidation sites excluding steroid dienone is 1. The first kappa shape index (κ1) is 31.7. The van der Waals surface area contributed by atoms with E-state index in [9.17, 15) is 0 Å². The van der Waals surface area contributed by atoms with Gasteiger partial charge in [-0.15, -0.1) is 6.58 Å². The lowest BCUT2D eigenvalue weighted by atomic mass is 9.99. The van der Waals surface area contributed by atoms with Gasteiger partial charge in [0, 0.05) is 0 Å². The van der Waals surface area contributed by atoms with Crippen molar-refractivity contribution < 1.29 is 0 Å². The van der Waals surface area contributed by atoms with Gasteiger partial charge in [-0.2, -0.15) is 0 Å². The summed E-state index contributed by atoms with van der Waals surface area (Å²) in [5.41, 5.74) is 8.83. The molecule has 0 atom stereocenters. The van der Waals surface area contributed by atoms with Crippen molar-refractivity contribution >= 4 is 22.8 Å². The van der Waals surface area contributed by atoms with E-state index in [1.54, 1.807) is 0 Å². The molecule has 0 aliphatic carbocycles. The molecule has 0 unspecified atom stereocenters. The third-order valence-electron chi connectivity index (χ3n) is 7.16. The van der Waals surface area contributed by atoms with Gasteiger partial charge in [-0.05, 0) is 106 Å². The van der Waals surface area contributed by atoms with Gasteiger partial charge in [-0.1, -0.05) is 90.1 Å². The third-order valence-corrected chi connectivity index (χ3v) is 7.16. The third kappa shape index (κ3) is 11.9. The Morgan fingerprint density at radius 1 is 0.658 bits per heavy atom. The first-order valence-corrected chi connectivity index (χ1v) is 15.6. The van der Waals surface area contributed by atoms with Gasteiger partial charge < -0.3 is 0 Å². The van der Waals surface area contributed by atoms with Crippen LogP contribution in [0.5, 0.6) is 0 Å². The molecule has 0 saturated heterocycles. The number of hydrogen-bond acceptors (Lipinski definition) is 2. The number of nitrogens with zero attached hydrogens (tertiary/aromatic N) is 2. The molecule has 0 fully saturated rings. The molecule has 2 aromatic carbocycles. The number of benzene rings is 2. The van der Waals surface area contributed by atoms with E-state index < -0.39 is 0 Å². The molecule has 0 saturated carbocycles. The number of rotatable bonds is 20. The fourth-order valence-corrected chi connectivity index (χ4v) is 4.84. The fourth-order valence-electron chi connectivity index (χ4n) is 4.84. The van der Waals surface area contributed by atoms with E-state index in [-0.39, 0.29) is 0 Å². The molecule has 0 spiro atoms. The lowest BCUT2D eigenvalue weighted by Crippen LogP contribution is -2.14. The lowest BCUT2D eigenvalue weighted by Gasteiger charge is -2.14. The van der Waals surface area contributed by atoms with E-state index in [1.807, 2.05) is 6.08 Å². The van der Waals surface area contributed by atoms with Gasteiger partial charge in [0.15, 0.2) is 0 Å². The van der Waals surface area contributed by atoms with E-state index in [1.165, 1.54) is 66.6 Å². The van der Waals surface area contributed by atoms with Gasteiger partial charge in [-0.3, -0.25) is 9.98 Å². The average molecular weight is 515 g/mol. The second-order valence-electron chi connectivity index (χ2n) is 10.7. The van der Waals surface area contributed by atoms with Crippen LogP contribution in [0.4, 0.5) is 11.4 Å². The Morgan fingerprint density at radius 2 is 1.26 bits per heavy atom. The Morgan fingerprint density at radius 3 is 1.89 bits per heavy atom. The number of hydrogen-bond donors (Lipinski definition) is 0. The van der Waals surface area contributed by atoms with Crippen LogP contribution >= 0.6 is 0 Å². The van der Waals surface area contributed by atoms with Crippen molar-refractivity contribution in [2.45, 2.75) is 130 Å². The van der Waals surface area contributed by atoms with E-state index in [4.69, 9.17) is 9.98 Å². The Balaban J connectivity index is 2.55. The van der Waals surface area contributed by atoms with Gasteiger partial charge >= 0.3 is 0 Å². The molecule has 208 valence electrons. The summed E-state index contributed by atoms with van der Waals surface area (Å²) in [4.78, 5) is 10.7. The Kier molecular flexibility index (Phi) is 16.3. The van der Waals surface area contributed by atoms with E-state index >= 15 is 0 Å². The maximum absolute atomic E-state index is 5.39. The van der Waals surface area contributed by atoms with Crippen molar-refractivity contribution in [3.8, 4) is 0 Å². The minimum Gasteiger partial charge on any atom is -0.252 e. The van der Waals surface area contributed by atoms with E-state index in [0.29, 0.717) is 0 Å². The molecule has 0 heterocycles. The van der Waals surface area contributed by atoms with Gasteiger partial charge in [0.2, 0.25) is 0 Å². The molecular weight excluding hydrogens is 460 g/mol. The molecular formula is C36H54N2. The van der Waals surface area contributed by atoms with Gasteiger partial charge in [0.05, 0.1) is 22.8 Å². The molecule has 0 amide bonds. The summed E-state index contributed by atoms with van der Waals surface area (Å²) in [6, 6.07) is 15.8. The van der Waals surface area contributed by atoms with Gasteiger partial charge in [0.25, 0.3) is 0 Å². The van der Waals surface area contributed by atoms with Crippen LogP contribution in [-0.4, -0.2) is 11.4 Å². The van der Waals surface area contributed by atoms with Crippen LogP contribution < -0.4 is 0 Å². The van der Waals surface area contributed by atoms with Crippen LogP contribution in [0.25, 0.3) is 0 Å². The maximum atomic E-state index is 5.39. The SMILES string of the molecule is C=CCCCc1ccccc1N=C(CCCCC)C(CCCC)=Nc1cc(CCCC)cc(CCCC)c1. The highest BCUT2D eigenvalue weighted by Gasteiger charge is 2.13. The minimum absolute atomic E-state index is 0.990. The molecule has 0 aliphatic rings. The summed E-state index contributed by atoms with van der Waals surface area (Å²) in [5.74, 6) is 0. The second-order valence-corrected chi connectivity index (χ2v) is 10.7. The van der Waals surface area contributed by atoms with Crippen molar-refractivity contribution in [3.63, 3.8) is 0 Å². The van der Waals surface area contributed by atoms with Crippen LogP contribution in [0.3, 0.4) is 0 Å². The highest BCUT2D eigenvalue weighted by molar-refractivity contribution is 6.43. The smallest absolute Gasteiger partial charge is 0.0665 e. The van der Waals surface area contributed by atoms with Crippen LogP contribution in [0.15, 0.2) is 65.1 Å². The lowest BCUT2D eigenvalue weighted by molar-refractivity contribution is 0.742. The monoisotopic (exact) mass is 514 g/mol. The van der Waals surface area contributed by atoms with Crippen molar-refractivity contribution in [1.82, 2.24) is 0 Å². The van der Waals surface area contributed by atoms with E-state index in [2.05, 4.69) is 76.7 Å². The van der Waals surface area contributed by atoms with Crippen molar-refractivity contribution in [3.05, 3.63) is 71.8 Å². The largest absolute Gasteiger partial charge is 0.252 e. The first-order valence-electron chi connectivity index (χ1n) is 15.6. The number of para-hydroxylation sites is 1. The number of aryl methyl sites for hydroxylation is 3. The number of aliphatic imine (C=N–C) groups is 2. The predicted octanol–water partition coefficient (Wildman–Crippen LogP) is 11.5. The topological polar surface area (TPSA) is 24.7 Å². The first-order chi connectivity index (χ1) is 18.6. The van der Waals surface area contributed by atoms with Crippen molar-refractivity contribution in [2.24, 2.45) is 9.98 Å². The zero-order valence-corrected chi connectivity index (χ0v) is 25.0. The molecule has 2 heteroatoms. The molecule has 0 bridgehead atoms. The molecule has 2 aromatic rings. The Labute approximate surface area is 234 Å². The molecule has 0 aromatic heterocycles. The molecule has 0 N–H and O–H groups in total. The molecule has 2 rings (SSSR count). The van der Waals surface area contributed by atoms with Gasteiger partial charge in [-0.25, -0.2) is 0 Å². The molecule has 0 radical (unpaired) electrons. The Hall–Kier alpha value is -2.48.